The van der Waals surface area contributed by atoms with E-state index in [1.165, 1.54) is 16.8 Å². The van der Waals surface area contributed by atoms with E-state index < -0.39 is 17.7 Å². The van der Waals surface area contributed by atoms with Gasteiger partial charge in [-0.1, -0.05) is 50.3 Å². The van der Waals surface area contributed by atoms with E-state index in [-0.39, 0.29) is 0 Å². The largest absolute Gasteiger partial charge is 0.456 e. The average molecular weight is 307 g/mol. The van der Waals surface area contributed by atoms with Crippen LogP contribution in [0.15, 0.2) is 43.0 Å². The van der Waals surface area contributed by atoms with Gasteiger partial charge in [0, 0.05) is 6.20 Å². The predicted octanol–water partition coefficient (Wildman–Crippen LogP) is 4.95. The fourth-order valence-corrected chi connectivity index (χ4v) is 2.47. The fraction of sp³-hybridized carbons (Fsp3) is 0.235. The lowest BCUT2D eigenvalue weighted by molar-refractivity contribution is -0.0889. The molecule has 0 bridgehead atoms. The summed E-state index contributed by atoms with van der Waals surface area (Å²) in [6, 6.07) is 10.4. The Morgan fingerprint density at radius 3 is 2.41 bits per heavy atom. The first-order valence-corrected chi connectivity index (χ1v) is 6.93. The van der Waals surface area contributed by atoms with Gasteiger partial charge in [0.25, 0.3) is 5.78 Å². The highest BCUT2D eigenvalue weighted by molar-refractivity contribution is 6.01. The van der Waals surface area contributed by atoms with E-state index in [0.29, 0.717) is 17.7 Å². The van der Waals surface area contributed by atoms with Crippen molar-refractivity contribution in [2.45, 2.75) is 25.9 Å². The van der Waals surface area contributed by atoms with Gasteiger partial charge in [0.1, 0.15) is 0 Å². The topological polar surface area (TPSA) is 22.0 Å². The van der Waals surface area contributed by atoms with Crippen LogP contribution in [0.25, 0.3) is 17.5 Å². The number of carbonyl (C=O) groups excluding carboxylic acids is 1. The second kappa shape index (κ2) is 6.22. The smallest absolute Gasteiger partial charge is 0.313 e. The molecular formula is C17H16F3NO. The first-order valence-electron chi connectivity index (χ1n) is 6.93. The van der Waals surface area contributed by atoms with Gasteiger partial charge in [0.2, 0.25) is 0 Å². The Bertz CT molecular complexity index is 684. The summed E-state index contributed by atoms with van der Waals surface area (Å²) >= 11 is 0. The molecule has 1 aromatic carbocycles. The highest BCUT2D eigenvalue weighted by atomic mass is 19.4. The number of rotatable bonds is 5. The van der Waals surface area contributed by atoms with Crippen LogP contribution in [0.1, 0.15) is 29.4 Å². The number of carbonyl (C=O) groups is 1. The van der Waals surface area contributed by atoms with Crippen molar-refractivity contribution in [1.29, 1.82) is 0 Å². The van der Waals surface area contributed by atoms with E-state index in [0.717, 1.165) is 12.0 Å². The molecule has 2 rings (SSSR count). The third-order valence-electron chi connectivity index (χ3n) is 3.35. The summed E-state index contributed by atoms with van der Waals surface area (Å²) in [4.78, 5) is 11.7. The van der Waals surface area contributed by atoms with Crippen molar-refractivity contribution < 1.29 is 18.0 Å². The number of halogens is 3. The highest BCUT2D eigenvalue weighted by Gasteiger charge is 2.41. The summed E-state index contributed by atoms with van der Waals surface area (Å²) in [5.41, 5.74) is 1.66. The molecule has 116 valence electrons. The van der Waals surface area contributed by atoms with E-state index in [9.17, 15) is 18.0 Å². The molecular weight excluding hydrogens is 291 g/mol. The van der Waals surface area contributed by atoms with Crippen molar-refractivity contribution in [3.63, 3.8) is 0 Å². The molecule has 22 heavy (non-hydrogen) atoms. The van der Waals surface area contributed by atoms with Gasteiger partial charge in [0.15, 0.2) is 0 Å². The van der Waals surface area contributed by atoms with Crippen molar-refractivity contribution in [3.8, 4) is 11.3 Å². The molecule has 0 saturated carbocycles. The highest BCUT2D eigenvalue weighted by Crippen LogP contribution is 2.32. The Morgan fingerprint density at radius 2 is 1.91 bits per heavy atom. The van der Waals surface area contributed by atoms with Crippen LogP contribution in [0.3, 0.4) is 0 Å². The lowest BCUT2D eigenvalue weighted by atomic mass is 10.0. The van der Waals surface area contributed by atoms with Gasteiger partial charge in [-0.15, -0.1) is 0 Å². The SMILES string of the molecule is C=Cn1c(C(=O)C(F)(F)F)cc(CCC)c1-c1ccccc1. The second-order valence-corrected chi connectivity index (χ2v) is 4.90. The van der Waals surface area contributed by atoms with E-state index in [1.54, 1.807) is 24.3 Å². The quantitative estimate of drug-likeness (QED) is 0.716. The standard InChI is InChI=1S/C17H16F3NO/c1-3-8-13-11-14(16(22)17(18,19)20)21(4-2)15(13)12-9-6-5-7-10-12/h4-7,9-11H,2-3,8H2,1H3. The van der Waals surface area contributed by atoms with Gasteiger partial charge in [-0.05, 0) is 23.6 Å². The number of alkyl halides is 3. The van der Waals surface area contributed by atoms with Crippen LogP contribution in [0.2, 0.25) is 0 Å². The summed E-state index contributed by atoms with van der Waals surface area (Å²) in [6.45, 7) is 5.49. The molecule has 0 N–H and O–H groups in total. The second-order valence-electron chi connectivity index (χ2n) is 4.90. The van der Waals surface area contributed by atoms with E-state index in [1.807, 2.05) is 13.0 Å². The third kappa shape index (κ3) is 2.98. The van der Waals surface area contributed by atoms with Gasteiger partial charge in [-0.3, -0.25) is 4.79 Å². The third-order valence-corrected chi connectivity index (χ3v) is 3.35. The number of hydrogen-bond acceptors (Lipinski definition) is 1. The number of hydrogen-bond donors (Lipinski definition) is 0. The maximum atomic E-state index is 12.8. The molecule has 0 aliphatic heterocycles. The number of benzene rings is 1. The van der Waals surface area contributed by atoms with Crippen molar-refractivity contribution >= 4 is 12.0 Å². The Labute approximate surface area is 126 Å². The Kier molecular flexibility index (Phi) is 4.54. The molecule has 5 heteroatoms. The van der Waals surface area contributed by atoms with Crippen molar-refractivity contribution in [3.05, 3.63) is 54.2 Å². The molecule has 0 spiro atoms. The monoisotopic (exact) mass is 307 g/mol. The van der Waals surface area contributed by atoms with Gasteiger partial charge >= 0.3 is 6.18 Å². The molecule has 1 heterocycles. The lowest BCUT2D eigenvalue weighted by Crippen LogP contribution is -2.24. The number of ketones is 1. The van der Waals surface area contributed by atoms with E-state index >= 15 is 0 Å². The summed E-state index contributed by atoms with van der Waals surface area (Å²) in [5, 5.41) is 0. The maximum Gasteiger partial charge on any atom is 0.456 e. The van der Waals surface area contributed by atoms with Gasteiger partial charge in [-0.2, -0.15) is 13.2 Å². The minimum Gasteiger partial charge on any atom is -0.313 e. The molecule has 0 fully saturated rings. The minimum atomic E-state index is -4.91. The van der Waals surface area contributed by atoms with Crippen LogP contribution in [0, 0.1) is 0 Å². The number of nitrogens with zero attached hydrogens (tertiary/aromatic N) is 1. The van der Waals surface area contributed by atoms with Crippen LogP contribution in [0.5, 0.6) is 0 Å². The van der Waals surface area contributed by atoms with E-state index in [4.69, 9.17) is 0 Å². The van der Waals surface area contributed by atoms with Crippen LogP contribution < -0.4 is 0 Å². The molecule has 0 aliphatic rings. The summed E-state index contributed by atoms with van der Waals surface area (Å²) < 4.78 is 39.6. The summed E-state index contributed by atoms with van der Waals surface area (Å²) in [5.74, 6) is -1.85. The zero-order valence-corrected chi connectivity index (χ0v) is 12.2. The molecule has 0 atom stereocenters. The molecule has 2 nitrogen and oxygen atoms in total. The Morgan fingerprint density at radius 1 is 1.27 bits per heavy atom. The van der Waals surface area contributed by atoms with Gasteiger partial charge in [-0.25, -0.2) is 0 Å². The molecule has 0 amide bonds. The normalized spacial score (nSPS) is 11.5. The van der Waals surface area contributed by atoms with Crippen molar-refractivity contribution in [1.82, 2.24) is 4.57 Å². The van der Waals surface area contributed by atoms with Crippen molar-refractivity contribution in [2.24, 2.45) is 0 Å². The van der Waals surface area contributed by atoms with Gasteiger partial charge < -0.3 is 4.57 Å². The maximum absolute atomic E-state index is 12.8. The summed E-state index contributed by atoms with van der Waals surface area (Å²) in [7, 11) is 0. The molecule has 0 unspecified atom stereocenters. The fourth-order valence-electron chi connectivity index (χ4n) is 2.47. The summed E-state index contributed by atoms with van der Waals surface area (Å²) in [6.07, 6.45) is -2.30. The first-order chi connectivity index (χ1) is 10.4. The van der Waals surface area contributed by atoms with E-state index in [2.05, 4.69) is 6.58 Å². The van der Waals surface area contributed by atoms with Crippen LogP contribution in [-0.2, 0) is 6.42 Å². The predicted molar refractivity (Wildman–Crippen MR) is 80.6 cm³/mol. The molecule has 0 radical (unpaired) electrons. The molecule has 2 aromatic rings. The van der Waals surface area contributed by atoms with Crippen LogP contribution in [-0.4, -0.2) is 16.5 Å². The van der Waals surface area contributed by atoms with Gasteiger partial charge in [0.05, 0.1) is 11.4 Å². The zero-order valence-electron chi connectivity index (χ0n) is 12.2. The first kappa shape index (κ1) is 16.1. The Hall–Kier alpha value is -2.30. The van der Waals surface area contributed by atoms with Crippen LogP contribution in [0.4, 0.5) is 13.2 Å². The minimum absolute atomic E-state index is 0.398. The zero-order chi connectivity index (χ0) is 16.3. The van der Waals surface area contributed by atoms with Crippen LogP contribution >= 0.6 is 0 Å². The number of Topliss-reactive ketones (excluding diaryl/α,β-unsaturated/α-hetero) is 1. The molecule has 0 aliphatic carbocycles. The average Bonchev–Trinajstić information content (AvgIpc) is 2.85. The Balaban J connectivity index is 2.69. The lowest BCUT2D eigenvalue weighted by Gasteiger charge is -2.11. The molecule has 1 aromatic heterocycles. The number of aromatic nitrogens is 1. The number of aryl methyl sites for hydroxylation is 1. The van der Waals surface area contributed by atoms with Crippen molar-refractivity contribution in [2.75, 3.05) is 0 Å². The molecule has 0 saturated heterocycles.